The zero-order valence-electron chi connectivity index (χ0n) is 13.5. The first-order valence-electron chi connectivity index (χ1n) is 7.18. The SMILES string of the molecule is C=C/C=C\N=C(C#Cc1cnn(/C(C=C)=C/C=C(\C)F)c1)CC. The fourth-order valence-corrected chi connectivity index (χ4v) is 1.52. The van der Waals surface area contributed by atoms with Gasteiger partial charge < -0.3 is 0 Å². The molecule has 0 saturated carbocycles. The zero-order chi connectivity index (χ0) is 17.1. The Balaban J connectivity index is 2.99. The number of halogens is 1. The molecule has 0 N–H and O–H groups in total. The average molecular weight is 309 g/mol. The summed E-state index contributed by atoms with van der Waals surface area (Å²) in [7, 11) is 0. The molecular formula is C19H20FN3. The van der Waals surface area contributed by atoms with Gasteiger partial charge in [0.15, 0.2) is 0 Å². The standard InChI is InChI=1S/C19H20FN3/c1-5-8-13-21-18(6-2)11-10-17-14-22-23(15-17)19(7-3)12-9-16(4)20/h5,7-9,12-15H,1,3,6H2,2,4H3/b13-8-,16-9+,19-12+,21-18?. The normalized spacial score (nSPS) is 12.9. The van der Waals surface area contributed by atoms with Crippen molar-refractivity contribution in [2.24, 2.45) is 4.99 Å². The highest BCUT2D eigenvalue weighted by molar-refractivity contribution is 6.00. The second-order valence-corrected chi connectivity index (χ2v) is 4.48. The first-order valence-corrected chi connectivity index (χ1v) is 7.18. The lowest BCUT2D eigenvalue weighted by Gasteiger charge is -1.99. The molecule has 0 aliphatic heterocycles. The molecule has 0 amide bonds. The molecule has 0 aliphatic carbocycles. The van der Waals surface area contributed by atoms with E-state index >= 15 is 0 Å². The Labute approximate surface area is 136 Å². The van der Waals surface area contributed by atoms with Crippen molar-refractivity contribution in [3.63, 3.8) is 0 Å². The van der Waals surface area contributed by atoms with Crippen molar-refractivity contribution in [2.45, 2.75) is 20.3 Å². The number of allylic oxidation sites excluding steroid dienone is 7. The van der Waals surface area contributed by atoms with E-state index in [1.54, 1.807) is 47.6 Å². The van der Waals surface area contributed by atoms with E-state index in [0.717, 1.165) is 17.7 Å². The maximum Gasteiger partial charge on any atom is 0.0969 e. The molecule has 118 valence electrons. The lowest BCUT2D eigenvalue weighted by atomic mass is 10.2. The molecule has 4 heteroatoms. The van der Waals surface area contributed by atoms with Gasteiger partial charge in [-0.3, -0.25) is 4.99 Å². The maximum atomic E-state index is 12.8. The van der Waals surface area contributed by atoms with Gasteiger partial charge in [0.2, 0.25) is 0 Å². The Hall–Kier alpha value is -2.93. The van der Waals surface area contributed by atoms with Crippen LogP contribution in [-0.2, 0) is 0 Å². The highest BCUT2D eigenvalue weighted by Gasteiger charge is 1.99. The zero-order valence-corrected chi connectivity index (χ0v) is 13.5. The van der Waals surface area contributed by atoms with E-state index in [1.807, 2.05) is 6.92 Å². The predicted molar refractivity (Wildman–Crippen MR) is 95.5 cm³/mol. The van der Waals surface area contributed by atoms with Crippen LogP contribution in [0.1, 0.15) is 25.8 Å². The molecule has 1 rings (SSSR count). The van der Waals surface area contributed by atoms with E-state index in [2.05, 4.69) is 35.1 Å². The molecule has 1 aromatic heterocycles. The van der Waals surface area contributed by atoms with Crippen LogP contribution < -0.4 is 0 Å². The fraction of sp³-hybridized carbons (Fsp3) is 0.158. The van der Waals surface area contributed by atoms with Gasteiger partial charge in [0, 0.05) is 12.4 Å². The predicted octanol–water partition coefficient (Wildman–Crippen LogP) is 4.69. The van der Waals surface area contributed by atoms with Crippen LogP contribution in [0.3, 0.4) is 0 Å². The van der Waals surface area contributed by atoms with Crippen LogP contribution in [0.25, 0.3) is 5.70 Å². The van der Waals surface area contributed by atoms with Gasteiger partial charge in [-0.15, -0.1) is 0 Å². The van der Waals surface area contributed by atoms with Crippen LogP contribution in [-0.4, -0.2) is 15.5 Å². The van der Waals surface area contributed by atoms with E-state index in [4.69, 9.17) is 0 Å². The van der Waals surface area contributed by atoms with E-state index in [-0.39, 0.29) is 5.83 Å². The highest BCUT2D eigenvalue weighted by Crippen LogP contribution is 2.08. The van der Waals surface area contributed by atoms with Crippen LogP contribution in [0, 0.1) is 11.8 Å². The summed E-state index contributed by atoms with van der Waals surface area (Å²) in [6, 6.07) is 0. The van der Waals surface area contributed by atoms with Crippen LogP contribution >= 0.6 is 0 Å². The smallest absolute Gasteiger partial charge is 0.0969 e. The number of nitrogens with zero attached hydrogens (tertiary/aromatic N) is 3. The van der Waals surface area contributed by atoms with E-state index < -0.39 is 0 Å². The third kappa shape index (κ3) is 6.58. The van der Waals surface area contributed by atoms with E-state index in [0.29, 0.717) is 5.70 Å². The molecule has 0 atom stereocenters. The van der Waals surface area contributed by atoms with Crippen molar-refractivity contribution in [3.05, 3.63) is 73.5 Å². The topological polar surface area (TPSA) is 30.2 Å². The second kappa shape index (κ2) is 9.91. The lowest BCUT2D eigenvalue weighted by molar-refractivity contribution is 0.640. The molecule has 0 unspecified atom stereocenters. The molecule has 1 aromatic rings. The molecule has 0 aliphatic rings. The quantitative estimate of drug-likeness (QED) is 0.426. The van der Waals surface area contributed by atoms with Crippen LogP contribution in [0.15, 0.2) is 73.0 Å². The largest absolute Gasteiger partial charge is 0.252 e. The van der Waals surface area contributed by atoms with Crippen LogP contribution in [0.4, 0.5) is 4.39 Å². The second-order valence-electron chi connectivity index (χ2n) is 4.48. The van der Waals surface area contributed by atoms with Crippen molar-refractivity contribution < 1.29 is 4.39 Å². The van der Waals surface area contributed by atoms with E-state index in [1.165, 1.54) is 13.0 Å². The maximum absolute atomic E-state index is 12.8. The molecule has 0 radical (unpaired) electrons. The Morgan fingerprint density at radius 2 is 2.22 bits per heavy atom. The Morgan fingerprint density at radius 1 is 1.43 bits per heavy atom. The summed E-state index contributed by atoms with van der Waals surface area (Å²) in [6.45, 7) is 10.7. The number of hydrogen-bond acceptors (Lipinski definition) is 2. The average Bonchev–Trinajstić information content (AvgIpc) is 3.00. The summed E-state index contributed by atoms with van der Waals surface area (Å²) < 4.78 is 14.4. The molecule has 0 spiro atoms. The lowest BCUT2D eigenvalue weighted by Crippen LogP contribution is -1.93. The first kappa shape index (κ1) is 18.1. The summed E-state index contributed by atoms with van der Waals surface area (Å²) in [5.41, 5.74) is 2.17. The van der Waals surface area contributed by atoms with Gasteiger partial charge in [-0.1, -0.05) is 32.1 Å². The van der Waals surface area contributed by atoms with Crippen molar-refractivity contribution in [1.29, 1.82) is 0 Å². The van der Waals surface area contributed by atoms with Gasteiger partial charge in [0.05, 0.1) is 29.0 Å². The van der Waals surface area contributed by atoms with Crippen molar-refractivity contribution in [2.75, 3.05) is 0 Å². The molecule has 0 saturated heterocycles. The number of hydrogen-bond donors (Lipinski definition) is 0. The molecule has 1 heterocycles. The third-order valence-corrected chi connectivity index (χ3v) is 2.68. The Bertz CT molecular complexity index is 730. The van der Waals surface area contributed by atoms with Crippen LogP contribution in [0.5, 0.6) is 0 Å². The highest BCUT2D eigenvalue weighted by atomic mass is 19.1. The summed E-state index contributed by atoms with van der Waals surface area (Å²) in [5.74, 6) is 5.74. The van der Waals surface area contributed by atoms with Gasteiger partial charge in [0.25, 0.3) is 0 Å². The molecule has 0 bridgehead atoms. The third-order valence-electron chi connectivity index (χ3n) is 2.68. The van der Waals surface area contributed by atoms with Crippen molar-refractivity contribution >= 4 is 11.4 Å². The summed E-state index contributed by atoms with van der Waals surface area (Å²) in [5, 5.41) is 4.20. The monoisotopic (exact) mass is 309 g/mol. The minimum Gasteiger partial charge on any atom is -0.252 e. The number of aromatic nitrogens is 2. The molecule has 3 nitrogen and oxygen atoms in total. The minimum atomic E-state index is -0.284. The molecule has 0 aromatic carbocycles. The fourth-order valence-electron chi connectivity index (χ4n) is 1.52. The van der Waals surface area contributed by atoms with Gasteiger partial charge >= 0.3 is 0 Å². The van der Waals surface area contributed by atoms with Gasteiger partial charge in [-0.05, 0) is 43.6 Å². The summed E-state index contributed by atoms with van der Waals surface area (Å²) >= 11 is 0. The Morgan fingerprint density at radius 3 is 2.83 bits per heavy atom. The molecule has 0 fully saturated rings. The van der Waals surface area contributed by atoms with Crippen molar-refractivity contribution in [3.8, 4) is 11.8 Å². The summed E-state index contributed by atoms with van der Waals surface area (Å²) in [4.78, 5) is 4.24. The summed E-state index contributed by atoms with van der Waals surface area (Å²) in [6.07, 6.45) is 13.8. The Kier molecular flexibility index (Phi) is 7.81. The number of rotatable bonds is 6. The van der Waals surface area contributed by atoms with Crippen molar-refractivity contribution in [1.82, 2.24) is 9.78 Å². The van der Waals surface area contributed by atoms with Gasteiger partial charge in [-0.2, -0.15) is 5.10 Å². The van der Waals surface area contributed by atoms with Crippen LogP contribution in [0.2, 0.25) is 0 Å². The van der Waals surface area contributed by atoms with Gasteiger partial charge in [0.1, 0.15) is 0 Å². The van der Waals surface area contributed by atoms with Gasteiger partial charge in [-0.25, -0.2) is 9.07 Å². The molecule has 23 heavy (non-hydrogen) atoms. The molecular weight excluding hydrogens is 289 g/mol. The van der Waals surface area contributed by atoms with E-state index in [9.17, 15) is 4.39 Å². The first-order chi connectivity index (χ1) is 11.1. The minimum absolute atomic E-state index is 0.284. The number of aliphatic imine (C=N–C) groups is 1.